The zero-order valence-electron chi connectivity index (χ0n) is 11.2. The van der Waals surface area contributed by atoms with Crippen LogP contribution < -0.4 is 0 Å². The highest BCUT2D eigenvalue weighted by molar-refractivity contribution is 5.92. The van der Waals surface area contributed by atoms with Crippen molar-refractivity contribution in [2.75, 3.05) is 33.4 Å². The normalized spacial score (nSPS) is 23.5. The van der Waals surface area contributed by atoms with E-state index in [-0.39, 0.29) is 11.9 Å². The minimum atomic E-state index is -0.00122. The number of imidazole rings is 1. The lowest BCUT2D eigenvalue weighted by Gasteiger charge is -2.40. The lowest BCUT2D eigenvalue weighted by Crippen LogP contribution is -2.45. The van der Waals surface area contributed by atoms with Crippen LogP contribution in [0.4, 0.5) is 0 Å². The Kier molecular flexibility index (Phi) is 3.12. The number of fused-ring (bicyclic) bond motifs is 1. The van der Waals surface area contributed by atoms with Crippen LogP contribution in [0.1, 0.15) is 29.4 Å². The number of hydrogen-bond acceptors (Lipinski definition) is 5. The van der Waals surface area contributed by atoms with E-state index in [1.54, 1.807) is 13.1 Å². The van der Waals surface area contributed by atoms with Gasteiger partial charge >= 0.3 is 0 Å². The first-order valence-corrected chi connectivity index (χ1v) is 6.48. The number of aromatic nitrogens is 2. The molecule has 6 heteroatoms. The fourth-order valence-electron chi connectivity index (χ4n) is 2.57. The molecule has 1 atom stereocenters. The molecule has 6 nitrogen and oxygen atoms in total. The number of ketones is 1. The van der Waals surface area contributed by atoms with E-state index in [1.165, 1.54) is 0 Å². The molecule has 0 bridgehead atoms. The molecule has 0 saturated carbocycles. The van der Waals surface area contributed by atoms with Crippen LogP contribution in [0.3, 0.4) is 0 Å². The standard InChI is InChI=1S/C13H18N4O2/c1-10(18)11-9-17-4-3-15(2)13(12(17)14-11)16-5-7-19-8-6-16/h3-4,9,13H,5-8H2,1-2H3. The molecule has 0 radical (unpaired) electrons. The van der Waals surface area contributed by atoms with Crippen LogP contribution >= 0.6 is 0 Å². The average molecular weight is 262 g/mol. The van der Waals surface area contributed by atoms with E-state index in [9.17, 15) is 4.79 Å². The SMILES string of the molecule is CC(=O)c1cn2c(n1)C(N1CCOCC1)N(C)C=C2. The van der Waals surface area contributed by atoms with Gasteiger partial charge < -0.3 is 14.2 Å². The summed E-state index contributed by atoms with van der Waals surface area (Å²) in [6, 6.07) is 0. The number of morpholine rings is 1. The molecule has 0 spiro atoms. The minimum Gasteiger partial charge on any atom is -0.379 e. The van der Waals surface area contributed by atoms with E-state index < -0.39 is 0 Å². The Morgan fingerprint density at radius 1 is 1.37 bits per heavy atom. The number of Topliss-reactive ketones (excluding diaryl/α,β-unsaturated/α-hetero) is 1. The summed E-state index contributed by atoms with van der Waals surface area (Å²) in [6.07, 6.45) is 5.82. The van der Waals surface area contributed by atoms with Crippen molar-refractivity contribution in [1.82, 2.24) is 19.4 Å². The van der Waals surface area contributed by atoms with Crippen LogP contribution in [-0.4, -0.2) is 58.5 Å². The maximum atomic E-state index is 11.5. The number of ether oxygens (including phenoxy) is 1. The maximum Gasteiger partial charge on any atom is 0.179 e. The Bertz CT molecular complexity index is 517. The Morgan fingerprint density at radius 2 is 2.11 bits per heavy atom. The van der Waals surface area contributed by atoms with Crippen LogP contribution in [0.25, 0.3) is 6.20 Å². The van der Waals surface area contributed by atoms with Gasteiger partial charge in [-0.05, 0) is 0 Å². The zero-order valence-corrected chi connectivity index (χ0v) is 11.2. The summed E-state index contributed by atoms with van der Waals surface area (Å²) in [5.41, 5.74) is 0.521. The minimum absolute atomic E-state index is 0.00122. The molecule has 0 aliphatic carbocycles. The van der Waals surface area contributed by atoms with Gasteiger partial charge in [0.25, 0.3) is 0 Å². The lowest BCUT2D eigenvalue weighted by atomic mass is 10.3. The van der Waals surface area contributed by atoms with Gasteiger partial charge in [0.2, 0.25) is 0 Å². The molecule has 2 aliphatic rings. The second-order valence-electron chi connectivity index (χ2n) is 4.93. The third kappa shape index (κ3) is 2.17. The summed E-state index contributed by atoms with van der Waals surface area (Å²) in [4.78, 5) is 20.4. The van der Waals surface area contributed by atoms with Crippen molar-refractivity contribution in [3.05, 3.63) is 23.9 Å². The highest BCUT2D eigenvalue weighted by Gasteiger charge is 2.31. The van der Waals surface area contributed by atoms with E-state index >= 15 is 0 Å². The van der Waals surface area contributed by atoms with Gasteiger partial charge in [0.15, 0.2) is 11.6 Å². The van der Waals surface area contributed by atoms with Gasteiger partial charge in [-0.25, -0.2) is 4.98 Å². The molecule has 1 unspecified atom stereocenters. The maximum absolute atomic E-state index is 11.5. The van der Waals surface area contributed by atoms with Crippen molar-refractivity contribution in [3.8, 4) is 0 Å². The summed E-state index contributed by atoms with van der Waals surface area (Å²) in [5, 5.41) is 0. The van der Waals surface area contributed by atoms with Crippen molar-refractivity contribution in [1.29, 1.82) is 0 Å². The number of carbonyl (C=O) groups excluding carboxylic acids is 1. The molecular weight excluding hydrogens is 244 g/mol. The van der Waals surface area contributed by atoms with Crippen molar-refractivity contribution in [2.45, 2.75) is 13.1 Å². The first kappa shape index (κ1) is 12.4. The molecule has 1 aromatic rings. The van der Waals surface area contributed by atoms with Crippen LogP contribution in [-0.2, 0) is 4.74 Å². The smallest absolute Gasteiger partial charge is 0.179 e. The molecule has 102 valence electrons. The molecule has 2 aliphatic heterocycles. The molecular formula is C13H18N4O2. The second kappa shape index (κ2) is 4.79. The first-order valence-electron chi connectivity index (χ1n) is 6.48. The predicted molar refractivity (Wildman–Crippen MR) is 70.5 cm³/mol. The molecule has 0 amide bonds. The largest absolute Gasteiger partial charge is 0.379 e. The fourth-order valence-corrected chi connectivity index (χ4v) is 2.57. The second-order valence-corrected chi connectivity index (χ2v) is 4.93. The Morgan fingerprint density at radius 3 is 2.79 bits per heavy atom. The third-order valence-electron chi connectivity index (χ3n) is 3.59. The van der Waals surface area contributed by atoms with E-state index in [0.29, 0.717) is 5.69 Å². The predicted octanol–water partition coefficient (Wildman–Crippen LogP) is 0.790. The molecule has 0 N–H and O–H groups in total. The molecule has 1 aromatic heterocycles. The number of nitrogens with zero attached hydrogens (tertiary/aromatic N) is 4. The summed E-state index contributed by atoms with van der Waals surface area (Å²) in [7, 11) is 2.03. The first-order chi connectivity index (χ1) is 9.16. The Balaban J connectivity index is 1.96. The van der Waals surface area contributed by atoms with Gasteiger partial charge in [-0.15, -0.1) is 0 Å². The molecule has 19 heavy (non-hydrogen) atoms. The van der Waals surface area contributed by atoms with Gasteiger partial charge in [-0.3, -0.25) is 9.69 Å². The summed E-state index contributed by atoms with van der Waals surface area (Å²) in [6.45, 7) is 4.80. The zero-order chi connectivity index (χ0) is 13.4. The van der Waals surface area contributed by atoms with Crippen LogP contribution in [0.5, 0.6) is 0 Å². The third-order valence-corrected chi connectivity index (χ3v) is 3.59. The van der Waals surface area contributed by atoms with Crippen molar-refractivity contribution >= 4 is 12.0 Å². The van der Waals surface area contributed by atoms with Gasteiger partial charge in [0.05, 0.1) is 13.2 Å². The highest BCUT2D eigenvalue weighted by Crippen LogP contribution is 2.28. The van der Waals surface area contributed by atoms with Gasteiger partial charge in [0.1, 0.15) is 11.9 Å². The summed E-state index contributed by atoms with van der Waals surface area (Å²) >= 11 is 0. The van der Waals surface area contributed by atoms with E-state index in [0.717, 1.165) is 32.1 Å². The Labute approximate surface area is 112 Å². The van der Waals surface area contributed by atoms with Gasteiger partial charge in [-0.1, -0.05) is 0 Å². The number of hydrogen-bond donors (Lipinski definition) is 0. The van der Waals surface area contributed by atoms with Crippen LogP contribution in [0.2, 0.25) is 0 Å². The topological polar surface area (TPSA) is 50.6 Å². The quantitative estimate of drug-likeness (QED) is 0.738. The van der Waals surface area contributed by atoms with Crippen LogP contribution in [0.15, 0.2) is 12.4 Å². The molecule has 3 rings (SSSR count). The van der Waals surface area contributed by atoms with Gasteiger partial charge in [-0.2, -0.15) is 0 Å². The van der Waals surface area contributed by atoms with Gasteiger partial charge in [0, 0.05) is 45.7 Å². The monoisotopic (exact) mass is 262 g/mol. The Hall–Kier alpha value is -1.66. The fraction of sp³-hybridized carbons (Fsp3) is 0.538. The summed E-state index contributed by atoms with van der Waals surface area (Å²) < 4.78 is 7.34. The average Bonchev–Trinajstić information content (AvgIpc) is 2.83. The van der Waals surface area contributed by atoms with Crippen molar-refractivity contribution in [2.24, 2.45) is 0 Å². The molecule has 1 fully saturated rings. The van der Waals surface area contributed by atoms with Crippen molar-refractivity contribution in [3.63, 3.8) is 0 Å². The van der Waals surface area contributed by atoms with E-state index in [4.69, 9.17) is 4.74 Å². The van der Waals surface area contributed by atoms with E-state index in [1.807, 2.05) is 24.0 Å². The van der Waals surface area contributed by atoms with Crippen molar-refractivity contribution < 1.29 is 9.53 Å². The van der Waals surface area contributed by atoms with E-state index in [2.05, 4.69) is 14.8 Å². The lowest BCUT2D eigenvalue weighted by molar-refractivity contribution is -0.0199. The number of carbonyl (C=O) groups is 1. The molecule has 0 aromatic carbocycles. The number of rotatable bonds is 2. The molecule has 3 heterocycles. The summed E-state index contributed by atoms with van der Waals surface area (Å²) in [5.74, 6) is 0.899. The molecule has 1 saturated heterocycles. The highest BCUT2D eigenvalue weighted by atomic mass is 16.5. The van der Waals surface area contributed by atoms with Crippen LogP contribution in [0, 0.1) is 0 Å².